The first kappa shape index (κ1) is 16.4. The van der Waals surface area contributed by atoms with Gasteiger partial charge in [0.15, 0.2) is 9.66 Å². The first-order valence-electron chi connectivity index (χ1n) is 6.40. The molecule has 4 aromatic rings. The highest BCUT2D eigenvalue weighted by molar-refractivity contribution is 7.29. The minimum Gasteiger partial charge on any atom is -0.262 e. The lowest BCUT2D eigenvalue weighted by atomic mass is 10.3. The van der Waals surface area contributed by atoms with Gasteiger partial charge in [-0.25, -0.2) is 9.97 Å². The average molecular weight is 434 g/mol. The molecular formula is C14H4Cl4N4S2. The van der Waals surface area contributed by atoms with Crippen molar-refractivity contribution in [2.75, 3.05) is 0 Å². The summed E-state index contributed by atoms with van der Waals surface area (Å²) in [5, 5.41) is 3.18. The van der Waals surface area contributed by atoms with E-state index >= 15 is 0 Å². The molecule has 4 rings (SSSR count). The van der Waals surface area contributed by atoms with E-state index in [1.165, 1.54) is 47.5 Å². The fourth-order valence-corrected chi connectivity index (χ4v) is 5.59. The zero-order valence-corrected chi connectivity index (χ0v) is 16.1. The molecule has 0 aliphatic carbocycles. The summed E-state index contributed by atoms with van der Waals surface area (Å²) in [6.07, 6.45) is 6.14. The molecule has 0 aliphatic heterocycles. The molecule has 4 heterocycles. The SMILES string of the molecule is Clc1cncc(Cl)c1-c1nc2sc(-c3c(Cl)cncc3Cl)nc2s1. The predicted octanol–water partition coefficient (Wildman–Crippen LogP) is 6.49. The molecular weight excluding hydrogens is 430 g/mol. The molecule has 0 aromatic carbocycles. The molecule has 4 nitrogen and oxygen atoms in total. The van der Waals surface area contributed by atoms with E-state index < -0.39 is 0 Å². The standard InChI is InChI=1S/C14H4Cl4N4S2/c15-5-1-19-2-6(16)9(5)11-21-13-14(23-11)22-12(24-13)10-7(17)3-20-4-8(10)18/h1-4H. The van der Waals surface area contributed by atoms with Gasteiger partial charge in [0, 0.05) is 24.8 Å². The molecule has 4 aromatic heterocycles. The van der Waals surface area contributed by atoms with E-state index in [2.05, 4.69) is 19.9 Å². The summed E-state index contributed by atoms with van der Waals surface area (Å²) in [6.45, 7) is 0. The highest BCUT2D eigenvalue weighted by Crippen LogP contribution is 2.43. The molecule has 0 amide bonds. The first-order chi connectivity index (χ1) is 11.5. The van der Waals surface area contributed by atoms with E-state index in [0.717, 1.165) is 9.66 Å². The van der Waals surface area contributed by atoms with Crippen molar-refractivity contribution in [2.24, 2.45) is 0 Å². The predicted molar refractivity (Wildman–Crippen MR) is 102 cm³/mol. The van der Waals surface area contributed by atoms with Gasteiger partial charge in [0.1, 0.15) is 10.0 Å². The van der Waals surface area contributed by atoms with Crippen LogP contribution >= 0.6 is 69.1 Å². The molecule has 0 fully saturated rings. The Morgan fingerprint density at radius 3 is 1.25 bits per heavy atom. The van der Waals surface area contributed by atoms with E-state index in [1.54, 1.807) is 0 Å². The normalized spacial score (nSPS) is 11.3. The summed E-state index contributed by atoms with van der Waals surface area (Å²) in [7, 11) is 0. The maximum Gasteiger partial charge on any atom is 0.155 e. The van der Waals surface area contributed by atoms with Gasteiger partial charge in [-0.1, -0.05) is 69.1 Å². The van der Waals surface area contributed by atoms with Gasteiger partial charge in [-0.15, -0.1) is 0 Å². The highest BCUT2D eigenvalue weighted by atomic mass is 35.5. The summed E-state index contributed by atoms with van der Waals surface area (Å²) < 4.78 is 0. The number of nitrogens with zero attached hydrogens (tertiary/aromatic N) is 4. The molecule has 0 aliphatic rings. The molecule has 0 N–H and O–H groups in total. The topological polar surface area (TPSA) is 51.6 Å². The average Bonchev–Trinajstić information content (AvgIpc) is 3.05. The van der Waals surface area contributed by atoms with Gasteiger partial charge in [-0.3, -0.25) is 9.97 Å². The number of aromatic nitrogens is 4. The van der Waals surface area contributed by atoms with Gasteiger partial charge in [0.2, 0.25) is 0 Å². The van der Waals surface area contributed by atoms with Gasteiger partial charge >= 0.3 is 0 Å². The molecule has 10 heteroatoms. The lowest BCUT2D eigenvalue weighted by molar-refractivity contribution is 1.32. The van der Waals surface area contributed by atoms with Crippen LogP contribution in [-0.4, -0.2) is 19.9 Å². The van der Waals surface area contributed by atoms with Crippen molar-refractivity contribution < 1.29 is 0 Å². The van der Waals surface area contributed by atoms with Crippen LogP contribution in [0.5, 0.6) is 0 Å². The van der Waals surface area contributed by atoms with Gasteiger partial charge < -0.3 is 0 Å². The minimum absolute atomic E-state index is 0.448. The Morgan fingerprint density at radius 2 is 0.917 bits per heavy atom. The van der Waals surface area contributed by atoms with Crippen molar-refractivity contribution in [1.29, 1.82) is 0 Å². The second kappa shape index (κ2) is 6.37. The number of fused-ring (bicyclic) bond motifs is 1. The van der Waals surface area contributed by atoms with E-state index in [9.17, 15) is 0 Å². The van der Waals surface area contributed by atoms with E-state index in [1.807, 2.05) is 0 Å². The number of rotatable bonds is 2. The van der Waals surface area contributed by atoms with Crippen LogP contribution in [0.25, 0.3) is 30.8 Å². The van der Waals surface area contributed by atoms with Crippen LogP contribution in [0, 0.1) is 0 Å². The van der Waals surface area contributed by atoms with Gasteiger partial charge in [0.05, 0.1) is 31.2 Å². The van der Waals surface area contributed by atoms with Crippen LogP contribution in [0.4, 0.5) is 0 Å². The highest BCUT2D eigenvalue weighted by Gasteiger charge is 2.19. The quantitative estimate of drug-likeness (QED) is 0.362. The number of hydrogen-bond donors (Lipinski definition) is 0. The fraction of sp³-hybridized carbons (Fsp3) is 0. The lowest BCUT2D eigenvalue weighted by Gasteiger charge is -2.02. The van der Waals surface area contributed by atoms with Crippen molar-refractivity contribution >= 4 is 78.7 Å². The van der Waals surface area contributed by atoms with Crippen molar-refractivity contribution in [3.05, 3.63) is 44.9 Å². The maximum absolute atomic E-state index is 6.19. The van der Waals surface area contributed by atoms with Crippen LogP contribution in [-0.2, 0) is 0 Å². The van der Waals surface area contributed by atoms with Gasteiger partial charge in [-0.05, 0) is 0 Å². The van der Waals surface area contributed by atoms with Crippen LogP contribution in [0.1, 0.15) is 0 Å². The van der Waals surface area contributed by atoms with Crippen LogP contribution in [0.15, 0.2) is 24.8 Å². The second-order valence-corrected chi connectivity index (χ2v) is 8.19. The fourth-order valence-electron chi connectivity index (χ4n) is 2.09. The van der Waals surface area contributed by atoms with E-state index in [0.29, 0.717) is 41.2 Å². The Bertz CT molecular complexity index is 923. The van der Waals surface area contributed by atoms with Crippen molar-refractivity contribution in [3.63, 3.8) is 0 Å². The third-order valence-electron chi connectivity index (χ3n) is 3.11. The minimum atomic E-state index is 0.448. The molecule has 0 unspecified atom stereocenters. The third-order valence-corrected chi connectivity index (χ3v) is 6.32. The van der Waals surface area contributed by atoms with E-state index in [-0.39, 0.29) is 0 Å². The molecule has 0 bridgehead atoms. The second-order valence-electron chi connectivity index (χ2n) is 4.60. The van der Waals surface area contributed by atoms with Crippen molar-refractivity contribution in [2.45, 2.75) is 0 Å². The molecule has 24 heavy (non-hydrogen) atoms. The largest absolute Gasteiger partial charge is 0.262 e. The Labute approximate surface area is 164 Å². The number of hydrogen-bond acceptors (Lipinski definition) is 6. The molecule has 0 radical (unpaired) electrons. The molecule has 0 saturated heterocycles. The molecule has 0 saturated carbocycles. The Hall–Kier alpha value is -1.02. The molecule has 120 valence electrons. The lowest BCUT2D eigenvalue weighted by Crippen LogP contribution is -1.83. The number of halogens is 4. The third kappa shape index (κ3) is 2.77. The summed E-state index contributed by atoms with van der Waals surface area (Å²) in [4.78, 5) is 18.6. The summed E-state index contributed by atoms with van der Waals surface area (Å²) >= 11 is 27.5. The van der Waals surface area contributed by atoms with E-state index in [4.69, 9.17) is 46.4 Å². The Kier molecular flexibility index (Phi) is 4.36. The zero-order valence-electron chi connectivity index (χ0n) is 11.4. The van der Waals surface area contributed by atoms with Gasteiger partial charge in [-0.2, -0.15) is 0 Å². The summed E-state index contributed by atoms with van der Waals surface area (Å²) in [6, 6.07) is 0. The molecule has 0 spiro atoms. The summed E-state index contributed by atoms with van der Waals surface area (Å²) in [5.74, 6) is 0. The van der Waals surface area contributed by atoms with Crippen LogP contribution in [0.3, 0.4) is 0 Å². The molecule has 0 atom stereocenters. The van der Waals surface area contributed by atoms with Crippen LogP contribution < -0.4 is 0 Å². The van der Waals surface area contributed by atoms with Crippen molar-refractivity contribution in [1.82, 2.24) is 19.9 Å². The van der Waals surface area contributed by atoms with Crippen LogP contribution in [0.2, 0.25) is 20.1 Å². The summed E-state index contributed by atoms with van der Waals surface area (Å²) in [5.41, 5.74) is 1.31. The number of pyridine rings is 2. The zero-order chi connectivity index (χ0) is 16.8. The Morgan fingerprint density at radius 1 is 0.583 bits per heavy atom. The first-order valence-corrected chi connectivity index (χ1v) is 9.55. The monoisotopic (exact) mass is 432 g/mol. The smallest absolute Gasteiger partial charge is 0.155 e. The maximum atomic E-state index is 6.19. The van der Waals surface area contributed by atoms with Gasteiger partial charge in [0.25, 0.3) is 0 Å². The number of thiazole rings is 2. The van der Waals surface area contributed by atoms with Crippen molar-refractivity contribution in [3.8, 4) is 21.1 Å². The Balaban J connectivity index is 1.85.